The van der Waals surface area contributed by atoms with Gasteiger partial charge < -0.3 is 29.4 Å². The van der Waals surface area contributed by atoms with Crippen LogP contribution in [0.2, 0.25) is 0 Å². The van der Waals surface area contributed by atoms with E-state index in [0.717, 1.165) is 18.9 Å². The molecule has 0 bridgehead atoms. The second-order valence-electron chi connectivity index (χ2n) is 10.0. The molecular formula is C24H29F2N3O6. The number of carboxylic acid groups (broad SMARTS) is 1. The Kier molecular flexibility index (Phi) is 6.37. The van der Waals surface area contributed by atoms with Crippen LogP contribution < -0.4 is 20.4 Å². The molecule has 0 unspecified atom stereocenters. The largest absolute Gasteiger partial charge is 0.481 e. The first-order valence-corrected chi connectivity index (χ1v) is 11.4. The molecule has 4 rings (SSSR count). The summed E-state index contributed by atoms with van der Waals surface area (Å²) in [7, 11) is 1.29. The minimum atomic E-state index is -1.45. The molecule has 1 saturated heterocycles. The van der Waals surface area contributed by atoms with E-state index in [0.29, 0.717) is 5.52 Å². The molecule has 1 aliphatic heterocycles. The van der Waals surface area contributed by atoms with Gasteiger partial charge >= 0.3 is 12.1 Å². The monoisotopic (exact) mass is 493 g/mol. The summed E-state index contributed by atoms with van der Waals surface area (Å²) in [6.07, 6.45) is 0.834. The Morgan fingerprint density at radius 1 is 1.23 bits per heavy atom. The van der Waals surface area contributed by atoms with Crippen LogP contribution in [0.3, 0.4) is 0 Å². The first kappa shape index (κ1) is 24.7. The number of methoxy groups -OCH3 is 1. The molecule has 1 aliphatic carbocycles. The number of hydrogen-bond donors (Lipinski definition) is 2. The topological polar surface area (TPSA) is 110 Å². The highest BCUT2D eigenvalue weighted by Gasteiger charge is 2.37. The maximum absolute atomic E-state index is 15.3. The predicted octanol–water partition coefficient (Wildman–Crippen LogP) is 3.48. The Labute approximate surface area is 200 Å². The number of nitrogens with one attached hydrogen (secondary N) is 1. The van der Waals surface area contributed by atoms with E-state index in [2.05, 4.69) is 5.32 Å². The lowest BCUT2D eigenvalue weighted by molar-refractivity contribution is 0.0494. The lowest BCUT2D eigenvalue weighted by atomic mass is 10.1. The van der Waals surface area contributed by atoms with E-state index >= 15 is 4.39 Å². The van der Waals surface area contributed by atoms with Crippen LogP contribution in [0.5, 0.6) is 5.88 Å². The van der Waals surface area contributed by atoms with Crippen molar-refractivity contribution in [2.24, 2.45) is 5.92 Å². The van der Waals surface area contributed by atoms with E-state index in [-0.39, 0.29) is 36.1 Å². The van der Waals surface area contributed by atoms with E-state index in [4.69, 9.17) is 9.47 Å². The van der Waals surface area contributed by atoms with Crippen LogP contribution in [0.15, 0.2) is 16.9 Å². The van der Waals surface area contributed by atoms with Crippen molar-refractivity contribution in [3.05, 3.63) is 33.7 Å². The van der Waals surface area contributed by atoms with Gasteiger partial charge in [0.15, 0.2) is 5.56 Å². The lowest BCUT2D eigenvalue weighted by Gasteiger charge is -2.24. The summed E-state index contributed by atoms with van der Waals surface area (Å²) in [4.78, 5) is 38.6. The number of alkyl halides is 1. The molecule has 11 heteroatoms. The smallest absolute Gasteiger partial charge is 0.407 e. The van der Waals surface area contributed by atoms with Crippen LogP contribution in [0, 0.1) is 11.7 Å². The summed E-state index contributed by atoms with van der Waals surface area (Å²) >= 11 is 0. The average Bonchev–Trinajstić information content (AvgIpc) is 3.51. The molecule has 1 saturated carbocycles. The van der Waals surface area contributed by atoms with Gasteiger partial charge in [0.2, 0.25) is 11.3 Å². The van der Waals surface area contributed by atoms with Gasteiger partial charge in [0.25, 0.3) is 0 Å². The number of alkyl carbamates (subject to hydrolysis) is 1. The molecule has 9 nitrogen and oxygen atoms in total. The Balaban J connectivity index is 1.75. The van der Waals surface area contributed by atoms with Crippen LogP contribution in [0.1, 0.15) is 50.0 Å². The number of hydrogen-bond acceptors (Lipinski definition) is 6. The van der Waals surface area contributed by atoms with Crippen molar-refractivity contribution < 1.29 is 33.0 Å². The fourth-order valence-corrected chi connectivity index (χ4v) is 4.57. The van der Waals surface area contributed by atoms with Crippen molar-refractivity contribution in [3.63, 3.8) is 0 Å². The zero-order chi connectivity index (χ0) is 25.7. The number of benzene rings is 1. The van der Waals surface area contributed by atoms with E-state index < -0.39 is 53.1 Å². The van der Waals surface area contributed by atoms with E-state index in [1.807, 2.05) is 0 Å². The third-order valence-corrected chi connectivity index (χ3v) is 6.23. The Hall–Kier alpha value is -3.37. The Morgan fingerprint density at radius 2 is 1.91 bits per heavy atom. The van der Waals surface area contributed by atoms with Crippen molar-refractivity contribution in [1.29, 1.82) is 0 Å². The molecular weight excluding hydrogens is 464 g/mol. The summed E-state index contributed by atoms with van der Waals surface area (Å²) < 4.78 is 41.3. The van der Waals surface area contributed by atoms with Gasteiger partial charge in [0.05, 0.1) is 31.0 Å². The molecule has 2 aliphatic rings. The number of nitrogens with zero attached hydrogens (tertiary/aromatic N) is 2. The summed E-state index contributed by atoms with van der Waals surface area (Å²) in [6, 6.07) is 1.81. The molecule has 1 aromatic carbocycles. The molecule has 35 heavy (non-hydrogen) atoms. The second-order valence-corrected chi connectivity index (χ2v) is 10.0. The molecule has 1 aromatic heterocycles. The molecule has 190 valence electrons. The minimum absolute atomic E-state index is 0.0685. The van der Waals surface area contributed by atoms with Gasteiger partial charge in [-0.2, -0.15) is 0 Å². The van der Waals surface area contributed by atoms with Crippen LogP contribution in [-0.2, 0) is 4.74 Å². The number of fused-ring (bicyclic) bond motifs is 1. The van der Waals surface area contributed by atoms with Crippen LogP contribution >= 0.6 is 0 Å². The quantitative estimate of drug-likeness (QED) is 0.634. The number of aromatic carboxylic acids is 1. The van der Waals surface area contributed by atoms with Crippen molar-refractivity contribution in [2.45, 2.75) is 51.3 Å². The standard InChI is InChI=1S/C24H29F2N3O6/c1-24(2,3)35-23(33)27-16-11-28(10-12(16)9-25)18-8-17-14(7-15(18)26)20(30)19(22(31)32)21(34-4)29(17)13-5-6-13/h7-8,12-13,16H,5-6,9-11H2,1-4H3,(H,27,33)(H,31,32)/t12-,16+/m0/s1. The molecule has 2 aromatic rings. The predicted molar refractivity (Wildman–Crippen MR) is 125 cm³/mol. The Morgan fingerprint density at radius 3 is 2.46 bits per heavy atom. The number of aromatic nitrogens is 1. The molecule has 1 amide bonds. The molecule has 0 radical (unpaired) electrons. The van der Waals surface area contributed by atoms with Gasteiger partial charge in [-0.25, -0.2) is 14.0 Å². The second kappa shape index (κ2) is 9.01. The fraction of sp³-hybridized carbons (Fsp3) is 0.542. The average molecular weight is 494 g/mol. The number of carboxylic acids is 1. The molecule has 0 spiro atoms. The molecule has 2 fully saturated rings. The van der Waals surface area contributed by atoms with Crippen molar-refractivity contribution in [2.75, 3.05) is 31.8 Å². The van der Waals surface area contributed by atoms with Crippen LogP contribution in [-0.4, -0.2) is 60.3 Å². The van der Waals surface area contributed by atoms with E-state index in [1.54, 1.807) is 30.2 Å². The van der Waals surface area contributed by atoms with E-state index in [1.165, 1.54) is 13.2 Å². The fourth-order valence-electron chi connectivity index (χ4n) is 4.57. The number of ether oxygens (including phenoxy) is 2. The summed E-state index contributed by atoms with van der Waals surface area (Å²) in [5, 5.41) is 12.2. The highest BCUT2D eigenvalue weighted by molar-refractivity contribution is 5.96. The maximum Gasteiger partial charge on any atom is 0.407 e. The zero-order valence-electron chi connectivity index (χ0n) is 20.1. The molecule has 2 atom stereocenters. The number of halogens is 2. The lowest BCUT2D eigenvalue weighted by Crippen LogP contribution is -2.43. The van der Waals surface area contributed by atoms with Crippen molar-refractivity contribution in [3.8, 4) is 5.88 Å². The number of amides is 1. The maximum atomic E-state index is 15.3. The highest BCUT2D eigenvalue weighted by atomic mass is 19.1. The highest BCUT2D eigenvalue weighted by Crippen LogP contribution is 2.42. The first-order valence-electron chi connectivity index (χ1n) is 11.4. The summed E-state index contributed by atoms with van der Waals surface area (Å²) in [5.74, 6) is -2.86. The van der Waals surface area contributed by atoms with Gasteiger partial charge in [-0.3, -0.25) is 9.18 Å². The number of pyridine rings is 1. The third-order valence-electron chi connectivity index (χ3n) is 6.23. The number of anilines is 1. The van der Waals surface area contributed by atoms with Crippen LogP contribution in [0.25, 0.3) is 10.9 Å². The van der Waals surface area contributed by atoms with Gasteiger partial charge in [0.1, 0.15) is 11.4 Å². The van der Waals surface area contributed by atoms with Gasteiger partial charge in [-0.05, 0) is 45.7 Å². The molecule has 2 N–H and O–H groups in total. The number of rotatable bonds is 6. The van der Waals surface area contributed by atoms with Crippen molar-refractivity contribution in [1.82, 2.24) is 9.88 Å². The SMILES string of the molecule is COc1c(C(=O)O)c(=O)c2cc(F)c(N3C[C@H](CF)[C@H](NC(=O)OC(C)(C)C)C3)cc2n1C1CC1. The normalized spacial score (nSPS) is 20.2. The van der Waals surface area contributed by atoms with Gasteiger partial charge in [-0.15, -0.1) is 0 Å². The first-order chi connectivity index (χ1) is 16.4. The Bertz CT molecular complexity index is 1230. The van der Waals surface area contributed by atoms with Crippen molar-refractivity contribution >= 4 is 28.7 Å². The third kappa shape index (κ3) is 4.76. The zero-order valence-corrected chi connectivity index (χ0v) is 20.1. The molecule has 2 heterocycles. The summed E-state index contributed by atoms with van der Waals surface area (Å²) in [5.41, 5.74) is -1.63. The van der Waals surface area contributed by atoms with Gasteiger partial charge in [-0.1, -0.05) is 0 Å². The van der Waals surface area contributed by atoms with Gasteiger partial charge in [0, 0.05) is 30.4 Å². The van der Waals surface area contributed by atoms with E-state index in [9.17, 15) is 23.9 Å². The number of carbonyl (C=O) groups is 2. The summed E-state index contributed by atoms with van der Waals surface area (Å²) in [6.45, 7) is 4.69. The van der Waals surface area contributed by atoms with Crippen LogP contribution in [0.4, 0.5) is 19.3 Å². The minimum Gasteiger partial charge on any atom is -0.481 e. The number of carbonyl (C=O) groups excluding carboxylic acids is 1.